The molecule has 0 spiro atoms. The normalized spacial score (nSPS) is 17.0. The van der Waals surface area contributed by atoms with Crippen molar-refractivity contribution in [2.24, 2.45) is 0 Å². The van der Waals surface area contributed by atoms with Gasteiger partial charge in [0.25, 0.3) is 0 Å². The molecule has 1 fully saturated rings. The Labute approximate surface area is 77.5 Å². The van der Waals surface area contributed by atoms with Gasteiger partial charge in [-0.25, -0.2) is 13.1 Å². The molecule has 0 bridgehead atoms. The van der Waals surface area contributed by atoms with Crippen LogP contribution in [0.4, 0.5) is 0 Å². The van der Waals surface area contributed by atoms with Crippen molar-refractivity contribution in [2.45, 2.75) is 25.3 Å². The number of esters is 1. The summed E-state index contributed by atoms with van der Waals surface area (Å²) in [6.07, 6.45) is 1.72. The molecule has 0 aromatic rings. The smallest absolute Gasteiger partial charge is 0.306 e. The second-order valence-corrected chi connectivity index (χ2v) is 4.91. The molecular formula is C7H13NO4S. The highest BCUT2D eigenvalue weighted by molar-refractivity contribution is 7.89. The van der Waals surface area contributed by atoms with E-state index in [0.29, 0.717) is 0 Å². The molecule has 1 saturated carbocycles. The van der Waals surface area contributed by atoms with E-state index in [4.69, 9.17) is 0 Å². The maximum Gasteiger partial charge on any atom is 0.306 e. The lowest BCUT2D eigenvalue weighted by Crippen LogP contribution is -2.29. The molecule has 0 unspecified atom stereocenters. The lowest BCUT2D eigenvalue weighted by molar-refractivity contribution is -0.140. The number of carbonyl (C=O) groups excluding carboxylic acids is 1. The SMILES string of the molecule is COC(=O)CCS(=O)(=O)NC1CC1. The first-order chi connectivity index (χ1) is 6.03. The average molecular weight is 207 g/mol. The van der Waals surface area contributed by atoms with E-state index in [-0.39, 0.29) is 18.2 Å². The van der Waals surface area contributed by atoms with Gasteiger partial charge in [-0.15, -0.1) is 0 Å². The number of methoxy groups -OCH3 is 1. The molecule has 0 saturated heterocycles. The monoisotopic (exact) mass is 207 g/mol. The Kier molecular flexibility index (Phi) is 3.27. The molecule has 6 heteroatoms. The summed E-state index contributed by atoms with van der Waals surface area (Å²) in [5.74, 6) is -0.683. The quantitative estimate of drug-likeness (QED) is 0.624. The summed E-state index contributed by atoms with van der Waals surface area (Å²) in [5, 5.41) is 0. The predicted molar refractivity (Wildman–Crippen MR) is 46.6 cm³/mol. The van der Waals surface area contributed by atoms with E-state index < -0.39 is 16.0 Å². The van der Waals surface area contributed by atoms with E-state index in [1.807, 2.05) is 0 Å². The van der Waals surface area contributed by atoms with E-state index in [9.17, 15) is 13.2 Å². The number of sulfonamides is 1. The summed E-state index contributed by atoms with van der Waals surface area (Å²) >= 11 is 0. The molecule has 1 N–H and O–H groups in total. The molecule has 0 radical (unpaired) electrons. The fourth-order valence-corrected chi connectivity index (χ4v) is 2.13. The minimum atomic E-state index is -3.27. The standard InChI is InChI=1S/C7H13NO4S/c1-12-7(9)4-5-13(10,11)8-6-2-3-6/h6,8H,2-5H2,1H3. The number of rotatable bonds is 5. The summed E-state index contributed by atoms with van der Waals surface area (Å²) in [4.78, 5) is 10.6. The van der Waals surface area contributed by atoms with Crippen molar-refractivity contribution in [3.8, 4) is 0 Å². The minimum absolute atomic E-state index is 0.0848. The van der Waals surface area contributed by atoms with Crippen LogP contribution in [0.25, 0.3) is 0 Å². The number of hydrogen-bond donors (Lipinski definition) is 1. The molecule has 1 rings (SSSR count). The Hall–Kier alpha value is -0.620. The highest BCUT2D eigenvalue weighted by Crippen LogP contribution is 2.19. The van der Waals surface area contributed by atoms with E-state index in [2.05, 4.69) is 9.46 Å². The average Bonchev–Trinajstić information content (AvgIpc) is 2.83. The van der Waals surface area contributed by atoms with Gasteiger partial charge >= 0.3 is 5.97 Å². The molecule has 0 aromatic carbocycles. The molecule has 0 amide bonds. The van der Waals surface area contributed by atoms with Gasteiger partial charge in [0, 0.05) is 6.04 Å². The van der Waals surface area contributed by atoms with Gasteiger partial charge in [0.2, 0.25) is 10.0 Å². The van der Waals surface area contributed by atoms with E-state index in [1.165, 1.54) is 7.11 Å². The second kappa shape index (κ2) is 4.06. The maximum absolute atomic E-state index is 11.2. The van der Waals surface area contributed by atoms with Crippen molar-refractivity contribution < 1.29 is 17.9 Å². The Balaban J connectivity index is 2.28. The number of hydrogen-bond acceptors (Lipinski definition) is 4. The third-order valence-corrected chi connectivity index (χ3v) is 3.16. The fraction of sp³-hybridized carbons (Fsp3) is 0.857. The van der Waals surface area contributed by atoms with Gasteiger partial charge in [-0.3, -0.25) is 4.79 Å². The van der Waals surface area contributed by atoms with Gasteiger partial charge in [0.1, 0.15) is 0 Å². The fourth-order valence-electron chi connectivity index (χ4n) is 0.834. The van der Waals surface area contributed by atoms with Crippen LogP contribution in [-0.2, 0) is 19.6 Å². The Morgan fingerprint density at radius 3 is 2.62 bits per heavy atom. The first kappa shape index (κ1) is 10.5. The Morgan fingerprint density at radius 1 is 1.54 bits per heavy atom. The van der Waals surface area contributed by atoms with Crippen LogP contribution in [-0.4, -0.2) is 33.3 Å². The molecule has 76 valence electrons. The van der Waals surface area contributed by atoms with Crippen molar-refractivity contribution in [3.63, 3.8) is 0 Å². The lowest BCUT2D eigenvalue weighted by atomic mass is 10.5. The van der Waals surface area contributed by atoms with Crippen molar-refractivity contribution in [2.75, 3.05) is 12.9 Å². The summed E-state index contributed by atoms with van der Waals surface area (Å²) in [6, 6.07) is 0.0997. The van der Waals surface area contributed by atoms with Gasteiger partial charge in [0.15, 0.2) is 0 Å². The molecule has 0 heterocycles. The molecule has 0 aromatic heterocycles. The summed E-state index contributed by atoms with van der Waals surface area (Å²) in [7, 11) is -2.03. The Morgan fingerprint density at radius 2 is 2.15 bits per heavy atom. The summed E-state index contributed by atoms with van der Waals surface area (Å²) < 4.78 is 29.2. The van der Waals surface area contributed by atoms with Crippen molar-refractivity contribution >= 4 is 16.0 Å². The van der Waals surface area contributed by atoms with E-state index in [1.54, 1.807) is 0 Å². The van der Waals surface area contributed by atoms with Crippen LogP contribution in [0.5, 0.6) is 0 Å². The largest absolute Gasteiger partial charge is 0.469 e. The van der Waals surface area contributed by atoms with Crippen LogP contribution >= 0.6 is 0 Å². The number of ether oxygens (including phenoxy) is 1. The summed E-state index contributed by atoms with van der Waals surface area (Å²) in [5.41, 5.74) is 0. The first-order valence-corrected chi connectivity index (χ1v) is 5.75. The zero-order valence-corrected chi connectivity index (χ0v) is 8.26. The molecular weight excluding hydrogens is 194 g/mol. The molecule has 1 aliphatic carbocycles. The van der Waals surface area contributed by atoms with Gasteiger partial charge in [-0.05, 0) is 12.8 Å². The zero-order chi connectivity index (χ0) is 9.90. The van der Waals surface area contributed by atoms with E-state index in [0.717, 1.165) is 12.8 Å². The van der Waals surface area contributed by atoms with Gasteiger partial charge in [-0.1, -0.05) is 0 Å². The molecule has 13 heavy (non-hydrogen) atoms. The van der Waals surface area contributed by atoms with Crippen LogP contribution in [0.3, 0.4) is 0 Å². The highest BCUT2D eigenvalue weighted by atomic mass is 32.2. The highest BCUT2D eigenvalue weighted by Gasteiger charge is 2.27. The third-order valence-electron chi connectivity index (χ3n) is 1.73. The molecule has 1 aliphatic rings. The van der Waals surface area contributed by atoms with Gasteiger partial charge in [-0.2, -0.15) is 0 Å². The molecule has 5 nitrogen and oxygen atoms in total. The second-order valence-electron chi connectivity index (χ2n) is 3.04. The zero-order valence-electron chi connectivity index (χ0n) is 7.45. The topological polar surface area (TPSA) is 72.5 Å². The first-order valence-electron chi connectivity index (χ1n) is 4.10. The molecule has 0 atom stereocenters. The Bertz CT molecular complexity index is 281. The minimum Gasteiger partial charge on any atom is -0.469 e. The van der Waals surface area contributed by atoms with Crippen molar-refractivity contribution in [3.05, 3.63) is 0 Å². The number of nitrogens with one attached hydrogen (secondary N) is 1. The number of carbonyl (C=O) groups is 1. The molecule has 0 aliphatic heterocycles. The summed E-state index contributed by atoms with van der Waals surface area (Å²) in [6.45, 7) is 0. The van der Waals surface area contributed by atoms with Crippen molar-refractivity contribution in [1.29, 1.82) is 0 Å². The third kappa shape index (κ3) is 4.23. The van der Waals surface area contributed by atoms with Crippen LogP contribution in [0.2, 0.25) is 0 Å². The van der Waals surface area contributed by atoms with Crippen LogP contribution in [0.1, 0.15) is 19.3 Å². The van der Waals surface area contributed by atoms with Crippen LogP contribution in [0.15, 0.2) is 0 Å². The van der Waals surface area contributed by atoms with E-state index >= 15 is 0 Å². The predicted octanol–water partition coefficient (Wildman–Crippen LogP) is -0.369. The van der Waals surface area contributed by atoms with Crippen LogP contribution in [0, 0.1) is 0 Å². The van der Waals surface area contributed by atoms with Crippen molar-refractivity contribution in [1.82, 2.24) is 4.72 Å². The van der Waals surface area contributed by atoms with Crippen LogP contribution < -0.4 is 4.72 Å². The maximum atomic E-state index is 11.2. The van der Waals surface area contributed by atoms with Gasteiger partial charge < -0.3 is 4.74 Å². The lowest BCUT2D eigenvalue weighted by Gasteiger charge is -2.03. The van der Waals surface area contributed by atoms with Gasteiger partial charge in [0.05, 0.1) is 19.3 Å².